The molecule has 8 nitrogen and oxygen atoms in total. The van der Waals surface area contributed by atoms with Gasteiger partial charge in [-0.3, -0.25) is 10.4 Å². The van der Waals surface area contributed by atoms with E-state index in [4.69, 9.17) is 15.3 Å². The molecule has 1 aliphatic rings. The fourth-order valence-corrected chi connectivity index (χ4v) is 2.15. The molecule has 21 heavy (non-hydrogen) atoms. The molecule has 0 atom stereocenters. The number of ether oxygens (including phenoxy) is 2. The van der Waals surface area contributed by atoms with Gasteiger partial charge in [0.1, 0.15) is 0 Å². The Morgan fingerprint density at radius 1 is 1.43 bits per heavy atom. The highest BCUT2D eigenvalue weighted by molar-refractivity contribution is 5.79. The Bertz CT molecular complexity index is 330. The van der Waals surface area contributed by atoms with E-state index < -0.39 is 0 Å². The highest BCUT2D eigenvalue weighted by Crippen LogP contribution is 2.11. The first-order chi connectivity index (χ1) is 10.2. The second-order valence-corrected chi connectivity index (χ2v) is 4.83. The number of aliphatic imine (C=N–C) groups is 1. The summed E-state index contributed by atoms with van der Waals surface area (Å²) in [7, 11) is 1.67. The maximum absolute atomic E-state index is 11.6. The first kappa shape index (κ1) is 17.5. The van der Waals surface area contributed by atoms with Crippen LogP contribution >= 0.6 is 0 Å². The van der Waals surface area contributed by atoms with E-state index in [1.807, 2.05) is 6.92 Å². The molecular weight excluding hydrogens is 274 g/mol. The zero-order valence-electron chi connectivity index (χ0n) is 12.9. The number of piperidine rings is 1. The largest absolute Gasteiger partial charge is 0.450 e. The summed E-state index contributed by atoms with van der Waals surface area (Å²) < 4.78 is 9.96. The van der Waals surface area contributed by atoms with Crippen LogP contribution in [0.25, 0.3) is 0 Å². The van der Waals surface area contributed by atoms with E-state index in [2.05, 4.69) is 15.7 Å². The number of nitrogens with two attached hydrogens (primary N) is 1. The van der Waals surface area contributed by atoms with Gasteiger partial charge in [-0.05, 0) is 26.2 Å². The summed E-state index contributed by atoms with van der Waals surface area (Å²) in [4.78, 5) is 17.7. The maximum Gasteiger partial charge on any atom is 0.409 e. The highest BCUT2D eigenvalue weighted by Gasteiger charge is 2.23. The van der Waals surface area contributed by atoms with Crippen LogP contribution in [0.4, 0.5) is 4.79 Å². The Morgan fingerprint density at radius 3 is 2.71 bits per heavy atom. The van der Waals surface area contributed by atoms with E-state index in [9.17, 15) is 4.79 Å². The van der Waals surface area contributed by atoms with Crippen molar-refractivity contribution in [1.29, 1.82) is 0 Å². The lowest BCUT2D eigenvalue weighted by atomic mass is 10.1. The van der Waals surface area contributed by atoms with Crippen molar-refractivity contribution < 1.29 is 14.3 Å². The lowest BCUT2D eigenvalue weighted by Gasteiger charge is -2.32. The average molecular weight is 301 g/mol. The first-order valence-corrected chi connectivity index (χ1v) is 7.39. The van der Waals surface area contributed by atoms with Gasteiger partial charge in [0.25, 0.3) is 0 Å². The Morgan fingerprint density at radius 2 is 2.14 bits per heavy atom. The molecule has 1 saturated heterocycles. The number of hydrazine groups is 1. The average Bonchev–Trinajstić information content (AvgIpc) is 2.51. The summed E-state index contributed by atoms with van der Waals surface area (Å²) in [6.07, 6.45) is 2.31. The van der Waals surface area contributed by atoms with Crippen molar-refractivity contribution in [3.63, 3.8) is 0 Å². The fourth-order valence-electron chi connectivity index (χ4n) is 2.15. The van der Waals surface area contributed by atoms with E-state index in [1.54, 1.807) is 12.0 Å². The van der Waals surface area contributed by atoms with Crippen molar-refractivity contribution >= 4 is 12.1 Å². The van der Waals surface area contributed by atoms with Gasteiger partial charge in [0.2, 0.25) is 5.96 Å². The van der Waals surface area contributed by atoms with Crippen molar-refractivity contribution in [3.8, 4) is 0 Å². The highest BCUT2D eigenvalue weighted by atomic mass is 16.6. The van der Waals surface area contributed by atoms with Crippen molar-refractivity contribution in [2.75, 3.05) is 40.0 Å². The van der Waals surface area contributed by atoms with Gasteiger partial charge in [-0.15, -0.1) is 0 Å². The Balaban J connectivity index is 2.31. The molecule has 1 aliphatic heterocycles. The number of nitrogens with zero attached hydrogens (tertiary/aromatic N) is 2. The van der Waals surface area contributed by atoms with Crippen LogP contribution in [0.2, 0.25) is 0 Å². The van der Waals surface area contributed by atoms with Gasteiger partial charge in [0, 0.05) is 39.4 Å². The SMILES string of the molecule is CCOC(=O)N1CCC(NC(=NCCCOC)NN)CC1. The van der Waals surface area contributed by atoms with E-state index >= 15 is 0 Å². The third-order valence-corrected chi connectivity index (χ3v) is 3.28. The lowest BCUT2D eigenvalue weighted by molar-refractivity contribution is 0.0963. The van der Waals surface area contributed by atoms with Crippen molar-refractivity contribution in [2.45, 2.75) is 32.2 Å². The number of hydrogen-bond acceptors (Lipinski definition) is 5. The minimum absolute atomic E-state index is 0.235. The lowest BCUT2D eigenvalue weighted by Crippen LogP contribution is -2.51. The topological polar surface area (TPSA) is 101 Å². The summed E-state index contributed by atoms with van der Waals surface area (Å²) in [6.45, 7) is 4.91. The van der Waals surface area contributed by atoms with Crippen LogP contribution in [0.5, 0.6) is 0 Å². The molecule has 122 valence electrons. The number of carbonyl (C=O) groups is 1. The molecule has 1 heterocycles. The number of guanidine groups is 1. The standard InChI is InChI=1S/C13H27N5O3/c1-3-21-13(19)18-8-5-11(6-9-18)16-12(17-14)15-7-4-10-20-2/h11H,3-10,14H2,1-2H3,(H2,15,16,17). The quantitative estimate of drug-likeness (QED) is 0.211. The van der Waals surface area contributed by atoms with Crippen LogP contribution < -0.4 is 16.6 Å². The molecular formula is C13H27N5O3. The van der Waals surface area contributed by atoms with E-state index in [1.165, 1.54) is 0 Å². The molecule has 0 spiro atoms. The summed E-state index contributed by atoms with van der Waals surface area (Å²) >= 11 is 0. The molecule has 1 amide bonds. The van der Waals surface area contributed by atoms with Crippen LogP contribution in [0.3, 0.4) is 0 Å². The fraction of sp³-hybridized carbons (Fsp3) is 0.846. The van der Waals surface area contributed by atoms with Gasteiger partial charge in [0.15, 0.2) is 0 Å². The minimum Gasteiger partial charge on any atom is -0.450 e. The molecule has 8 heteroatoms. The maximum atomic E-state index is 11.6. The summed E-state index contributed by atoms with van der Waals surface area (Å²) in [5, 5.41) is 3.27. The van der Waals surface area contributed by atoms with Crippen molar-refractivity contribution in [2.24, 2.45) is 10.8 Å². The molecule has 4 N–H and O–H groups in total. The zero-order chi connectivity index (χ0) is 15.5. The van der Waals surface area contributed by atoms with Crippen molar-refractivity contribution in [3.05, 3.63) is 0 Å². The Kier molecular flexibility index (Phi) is 8.53. The second kappa shape index (κ2) is 10.2. The van der Waals surface area contributed by atoms with Crippen molar-refractivity contribution in [1.82, 2.24) is 15.6 Å². The van der Waals surface area contributed by atoms with Crippen LogP contribution in [0.1, 0.15) is 26.2 Å². The number of rotatable bonds is 6. The zero-order valence-corrected chi connectivity index (χ0v) is 12.9. The van der Waals surface area contributed by atoms with E-state index in [0.29, 0.717) is 38.8 Å². The molecule has 1 rings (SSSR count). The number of methoxy groups -OCH3 is 1. The van der Waals surface area contributed by atoms with Gasteiger partial charge in [-0.1, -0.05) is 0 Å². The number of amides is 1. The normalized spacial score (nSPS) is 16.7. The summed E-state index contributed by atoms with van der Waals surface area (Å²) in [5.41, 5.74) is 2.57. The molecule has 0 aliphatic carbocycles. The monoisotopic (exact) mass is 301 g/mol. The van der Waals surface area contributed by atoms with Gasteiger partial charge < -0.3 is 19.7 Å². The van der Waals surface area contributed by atoms with Crippen LogP contribution in [0, 0.1) is 0 Å². The minimum atomic E-state index is -0.235. The van der Waals surface area contributed by atoms with Crippen LogP contribution in [-0.4, -0.2) is 63.0 Å². The second-order valence-electron chi connectivity index (χ2n) is 4.83. The van der Waals surface area contributed by atoms with Crippen LogP contribution in [0.15, 0.2) is 4.99 Å². The van der Waals surface area contributed by atoms with Gasteiger partial charge in [-0.25, -0.2) is 10.6 Å². The van der Waals surface area contributed by atoms with E-state index in [0.717, 1.165) is 19.3 Å². The van der Waals surface area contributed by atoms with E-state index in [-0.39, 0.29) is 12.1 Å². The molecule has 0 radical (unpaired) electrons. The first-order valence-electron chi connectivity index (χ1n) is 7.39. The summed E-state index contributed by atoms with van der Waals surface area (Å²) in [6, 6.07) is 0.257. The number of hydrogen-bond donors (Lipinski definition) is 3. The third-order valence-electron chi connectivity index (χ3n) is 3.28. The smallest absolute Gasteiger partial charge is 0.409 e. The Labute approximate surface area is 126 Å². The molecule has 0 aromatic rings. The van der Waals surface area contributed by atoms with Crippen LogP contribution in [-0.2, 0) is 9.47 Å². The predicted molar refractivity (Wildman–Crippen MR) is 80.9 cm³/mol. The predicted octanol–water partition coefficient (Wildman–Crippen LogP) is 0.0527. The molecule has 1 fully saturated rings. The molecule has 0 unspecified atom stereocenters. The van der Waals surface area contributed by atoms with Gasteiger partial charge in [-0.2, -0.15) is 0 Å². The molecule has 0 saturated carbocycles. The third kappa shape index (κ3) is 6.63. The molecule has 0 aromatic heterocycles. The van der Waals surface area contributed by atoms with Gasteiger partial charge >= 0.3 is 6.09 Å². The molecule has 0 aromatic carbocycles. The molecule has 0 bridgehead atoms. The summed E-state index contributed by atoms with van der Waals surface area (Å²) in [5.74, 6) is 6.04. The Hall–Kier alpha value is -1.54. The number of nitrogens with one attached hydrogen (secondary N) is 2. The number of carbonyl (C=O) groups excluding carboxylic acids is 1. The van der Waals surface area contributed by atoms with Gasteiger partial charge in [0.05, 0.1) is 6.61 Å². The number of likely N-dealkylation sites (tertiary alicyclic amines) is 1.